The van der Waals surface area contributed by atoms with Crippen LogP contribution in [0.4, 0.5) is 0 Å². The summed E-state index contributed by atoms with van der Waals surface area (Å²) in [6, 6.07) is 2.24. The Kier molecular flexibility index (Phi) is 2.46. The Morgan fingerprint density at radius 3 is 2.93 bits per heavy atom. The quantitative estimate of drug-likeness (QED) is 0.592. The zero-order valence-electron chi connectivity index (χ0n) is 9.08. The van der Waals surface area contributed by atoms with Crippen LogP contribution in [-0.4, -0.2) is 22.1 Å². The normalized spacial score (nSPS) is 38.7. The topological polar surface area (TPSA) is 50.1 Å². The minimum absolute atomic E-state index is 0.109. The summed E-state index contributed by atoms with van der Waals surface area (Å²) in [5.74, 6) is 0.521. The SMILES string of the molecule is CC1(C)C[C@]2(CCS1)OC(=O)C[C@@H]2C#N. The molecule has 0 saturated carbocycles. The Bertz CT molecular complexity index is 334. The Hall–Kier alpha value is -0.690. The monoisotopic (exact) mass is 225 g/mol. The first-order valence-corrected chi connectivity index (χ1v) is 6.21. The van der Waals surface area contributed by atoms with Crippen LogP contribution in [0.2, 0.25) is 0 Å². The molecule has 82 valence electrons. The van der Waals surface area contributed by atoms with E-state index in [-0.39, 0.29) is 23.1 Å². The van der Waals surface area contributed by atoms with E-state index in [0.29, 0.717) is 0 Å². The number of thioether (sulfide) groups is 1. The summed E-state index contributed by atoms with van der Waals surface area (Å²) >= 11 is 1.89. The van der Waals surface area contributed by atoms with E-state index < -0.39 is 5.60 Å². The summed E-state index contributed by atoms with van der Waals surface area (Å²) in [6.07, 6.45) is 1.90. The first-order chi connectivity index (χ1) is 6.97. The molecule has 3 nitrogen and oxygen atoms in total. The van der Waals surface area contributed by atoms with Crippen LogP contribution < -0.4 is 0 Å². The van der Waals surface area contributed by atoms with Gasteiger partial charge in [-0.3, -0.25) is 4.79 Å². The van der Waals surface area contributed by atoms with Gasteiger partial charge in [0.15, 0.2) is 0 Å². The van der Waals surface area contributed by atoms with Crippen LogP contribution in [0, 0.1) is 17.2 Å². The highest BCUT2D eigenvalue weighted by Crippen LogP contribution is 2.49. The molecule has 0 aromatic carbocycles. The lowest BCUT2D eigenvalue weighted by Crippen LogP contribution is -2.45. The van der Waals surface area contributed by atoms with E-state index >= 15 is 0 Å². The minimum atomic E-state index is -0.486. The molecule has 0 aromatic rings. The van der Waals surface area contributed by atoms with Gasteiger partial charge in [0, 0.05) is 11.2 Å². The molecule has 2 fully saturated rings. The zero-order valence-corrected chi connectivity index (χ0v) is 9.89. The van der Waals surface area contributed by atoms with Gasteiger partial charge in [0.05, 0.1) is 18.4 Å². The largest absolute Gasteiger partial charge is 0.458 e. The average molecular weight is 225 g/mol. The van der Waals surface area contributed by atoms with Crippen LogP contribution in [0.25, 0.3) is 0 Å². The van der Waals surface area contributed by atoms with Gasteiger partial charge in [0.2, 0.25) is 0 Å². The summed E-state index contributed by atoms with van der Waals surface area (Å²) in [5.41, 5.74) is -0.486. The molecule has 0 aromatic heterocycles. The van der Waals surface area contributed by atoms with Crippen molar-refractivity contribution in [2.75, 3.05) is 5.75 Å². The van der Waals surface area contributed by atoms with Crippen molar-refractivity contribution in [2.24, 2.45) is 5.92 Å². The molecule has 0 unspecified atom stereocenters. The summed E-state index contributed by atoms with van der Waals surface area (Å²) in [6.45, 7) is 4.30. The van der Waals surface area contributed by atoms with Gasteiger partial charge in [0.25, 0.3) is 0 Å². The minimum Gasteiger partial charge on any atom is -0.458 e. The second kappa shape index (κ2) is 3.41. The summed E-state index contributed by atoms with van der Waals surface area (Å²) in [4.78, 5) is 11.3. The lowest BCUT2D eigenvalue weighted by Gasteiger charge is -2.42. The van der Waals surface area contributed by atoms with Crippen molar-refractivity contribution in [3.8, 4) is 6.07 Å². The van der Waals surface area contributed by atoms with Crippen LogP contribution in [0.15, 0.2) is 0 Å². The predicted octanol–water partition coefficient (Wildman–Crippen LogP) is 2.12. The first kappa shape index (κ1) is 10.8. The van der Waals surface area contributed by atoms with Crippen molar-refractivity contribution >= 4 is 17.7 Å². The molecule has 2 saturated heterocycles. The van der Waals surface area contributed by atoms with E-state index in [2.05, 4.69) is 19.9 Å². The first-order valence-electron chi connectivity index (χ1n) is 5.23. The van der Waals surface area contributed by atoms with Crippen molar-refractivity contribution in [3.63, 3.8) is 0 Å². The molecule has 0 radical (unpaired) electrons. The van der Waals surface area contributed by atoms with Crippen molar-refractivity contribution < 1.29 is 9.53 Å². The molecule has 4 heteroatoms. The van der Waals surface area contributed by atoms with Crippen LogP contribution in [0.5, 0.6) is 0 Å². The van der Waals surface area contributed by atoms with Gasteiger partial charge >= 0.3 is 5.97 Å². The third-order valence-electron chi connectivity index (χ3n) is 3.22. The second-order valence-corrected chi connectivity index (χ2v) is 6.76. The van der Waals surface area contributed by atoms with E-state index in [9.17, 15) is 4.79 Å². The highest BCUT2D eigenvalue weighted by atomic mass is 32.2. The van der Waals surface area contributed by atoms with E-state index in [1.54, 1.807) is 0 Å². The number of ether oxygens (including phenoxy) is 1. The second-order valence-electron chi connectivity index (χ2n) is 4.96. The van der Waals surface area contributed by atoms with Gasteiger partial charge in [-0.1, -0.05) is 13.8 Å². The zero-order chi connectivity index (χ0) is 11.1. The summed E-state index contributed by atoms with van der Waals surface area (Å²) in [5, 5.41) is 9.08. The third kappa shape index (κ3) is 1.85. The van der Waals surface area contributed by atoms with Crippen molar-refractivity contribution in [1.29, 1.82) is 5.26 Å². The summed E-state index contributed by atoms with van der Waals surface area (Å²) in [7, 11) is 0. The third-order valence-corrected chi connectivity index (χ3v) is 4.56. The smallest absolute Gasteiger partial charge is 0.307 e. The molecule has 0 amide bonds. The maximum atomic E-state index is 11.3. The molecule has 15 heavy (non-hydrogen) atoms. The maximum absolute atomic E-state index is 11.3. The molecule has 2 rings (SSSR count). The number of hydrogen-bond acceptors (Lipinski definition) is 4. The van der Waals surface area contributed by atoms with Gasteiger partial charge in [-0.2, -0.15) is 17.0 Å². The molecule has 2 aliphatic heterocycles. The highest BCUT2D eigenvalue weighted by Gasteiger charge is 2.53. The van der Waals surface area contributed by atoms with Gasteiger partial charge in [0.1, 0.15) is 5.60 Å². The number of esters is 1. The number of rotatable bonds is 0. The Labute approximate surface area is 94.2 Å². The van der Waals surface area contributed by atoms with Crippen molar-refractivity contribution in [2.45, 2.75) is 43.5 Å². The van der Waals surface area contributed by atoms with Gasteiger partial charge in [-0.05, 0) is 12.2 Å². The molecule has 1 spiro atoms. The molecule has 2 heterocycles. The van der Waals surface area contributed by atoms with E-state index in [0.717, 1.165) is 18.6 Å². The highest BCUT2D eigenvalue weighted by molar-refractivity contribution is 8.00. The van der Waals surface area contributed by atoms with Crippen LogP contribution >= 0.6 is 11.8 Å². The molecule has 0 aliphatic carbocycles. The van der Waals surface area contributed by atoms with E-state index in [1.807, 2.05) is 11.8 Å². The molecule has 0 bridgehead atoms. The molecular formula is C11H15NO2S. The molecule has 0 N–H and O–H groups in total. The van der Waals surface area contributed by atoms with Crippen molar-refractivity contribution in [1.82, 2.24) is 0 Å². The number of nitrogens with zero attached hydrogens (tertiary/aromatic N) is 1. The number of carbonyl (C=O) groups is 1. The van der Waals surface area contributed by atoms with Crippen LogP contribution in [0.3, 0.4) is 0 Å². The number of nitriles is 1. The Balaban J connectivity index is 2.25. The van der Waals surface area contributed by atoms with Gasteiger partial charge in [-0.15, -0.1) is 0 Å². The molecule has 2 atom stereocenters. The Morgan fingerprint density at radius 2 is 2.33 bits per heavy atom. The lowest BCUT2D eigenvalue weighted by molar-refractivity contribution is -0.150. The maximum Gasteiger partial charge on any atom is 0.307 e. The Morgan fingerprint density at radius 1 is 1.60 bits per heavy atom. The van der Waals surface area contributed by atoms with E-state index in [1.165, 1.54) is 0 Å². The van der Waals surface area contributed by atoms with Crippen molar-refractivity contribution in [3.05, 3.63) is 0 Å². The molecular weight excluding hydrogens is 210 g/mol. The van der Waals surface area contributed by atoms with Crippen LogP contribution in [0.1, 0.15) is 33.1 Å². The fourth-order valence-corrected chi connectivity index (χ4v) is 3.95. The van der Waals surface area contributed by atoms with Crippen LogP contribution in [-0.2, 0) is 9.53 Å². The lowest BCUT2D eigenvalue weighted by atomic mass is 9.79. The standard InChI is InChI=1S/C11H15NO2S/c1-10(2)7-11(3-4-15-10)8(6-12)5-9(13)14-11/h8H,3-5,7H2,1-2H3/t8-,11+/m1/s1. The van der Waals surface area contributed by atoms with Gasteiger partial charge < -0.3 is 4.74 Å². The summed E-state index contributed by atoms with van der Waals surface area (Å²) < 4.78 is 5.56. The predicted molar refractivity (Wildman–Crippen MR) is 58.3 cm³/mol. The fourth-order valence-electron chi connectivity index (χ4n) is 2.60. The van der Waals surface area contributed by atoms with E-state index in [4.69, 9.17) is 10.00 Å². The number of carbonyl (C=O) groups excluding carboxylic acids is 1. The fraction of sp³-hybridized carbons (Fsp3) is 0.818. The van der Waals surface area contributed by atoms with Gasteiger partial charge in [-0.25, -0.2) is 0 Å². The number of hydrogen-bond donors (Lipinski definition) is 0. The molecule has 2 aliphatic rings. The average Bonchev–Trinajstić information content (AvgIpc) is 2.39.